The second-order valence-electron chi connectivity index (χ2n) is 7.11. The number of hydrogen-bond acceptors (Lipinski definition) is 5. The summed E-state index contributed by atoms with van der Waals surface area (Å²) in [6, 6.07) is 6.42. The van der Waals surface area contributed by atoms with Gasteiger partial charge in [-0.15, -0.1) is 10.2 Å². The molecule has 2 heterocycles. The van der Waals surface area contributed by atoms with Gasteiger partial charge in [0.15, 0.2) is 0 Å². The van der Waals surface area contributed by atoms with Gasteiger partial charge in [0.05, 0.1) is 17.1 Å². The standard InChI is InChI=1S/C17H20FN3O2/c1-17(9-21(10-17)8-11-6-12(22)7-11)16-20-19-15(23-16)13-4-2-3-5-14(13)18/h2-5,11-12,22H,6-10H2,1H3. The molecule has 0 bridgehead atoms. The van der Waals surface area contributed by atoms with Crippen molar-refractivity contribution in [1.82, 2.24) is 15.1 Å². The molecule has 1 N–H and O–H groups in total. The molecule has 0 unspecified atom stereocenters. The van der Waals surface area contributed by atoms with Crippen LogP contribution in [-0.4, -0.2) is 45.9 Å². The third-order valence-electron chi connectivity index (χ3n) is 4.92. The van der Waals surface area contributed by atoms with Crippen LogP contribution in [0.3, 0.4) is 0 Å². The molecule has 0 spiro atoms. The molecule has 0 radical (unpaired) electrons. The molecule has 5 nitrogen and oxygen atoms in total. The highest BCUT2D eigenvalue weighted by Gasteiger charge is 2.46. The molecule has 1 saturated heterocycles. The highest BCUT2D eigenvalue weighted by atomic mass is 19.1. The van der Waals surface area contributed by atoms with E-state index in [0.29, 0.717) is 17.4 Å². The van der Waals surface area contributed by atoms with Gasteiger partial charge in [0.2, 0.25) is 5.89 Å². The van der Waals surface area contributed by atoms with Gasteiger partial charge in [-0.25, -0.2) is 4.39 Å². The Morgan fingerprint density at radius 2 is 2.04 bits per heavy atom. The lowest BCUT2D eigenvalue weighted by molar-refractivity contribution is -0.0138. The maximum absolute atomic E-state index is 13.8. The molecule has 1 aromatic heterocycles. The first-order valence-electron chi connectivity index (χ1n) is 8.03. The number of aliphatic hydroxyl groups excluding tert-OH is 1. The number of rotatable bonds is 4. The van der Waals surface area contributed by atoms with Crippen LogP contribution in [0.15, 0.2) is 28.7 Å². The van der Waals surface area contributed by atoms with Crippen molar-refractivity contribution in [3.05, 3.63) is 36.0 Å². The number of hydrogen-bond donors (Lipinski definition) is 1. The van der Waals surface area contributed by atoms with E-state index in [1.54, 1.807) is 18.2 Å². The van der Waals surface area contributed by atoms with Crippen LogP contribution in [0.4, 0.5) is 4.39 Å². The van der Waals surface area contributed by atoms with E-state index in [9.17, 15) is 9.50 Å². The Bertz CT molecular complexity index is 705. The maximum atomic E-state index is 13.8. The molecule has 4 rings (SSSR count). The van der Waals surface area contributed by atoms with Gasteiger partial charge in [-0.1, -0.05) is 12.1 Å². The molecule has 1 aromatic carbocycles. The monoisotopic (exact) mass is 317 g/mol. The van der Waals surface area contributed by atoms with Crippen LogP contribution in [0.25, 0.3) is 11.5 Å². The second-order valence-corrected chi connectivity index (χ2v) is 7.11. The fourth-order valence-electron chi connectivity index (χ4n) is 3.63. The molecule has 2 aromatic rings. The number of aromatic nitrogens is 2. The summed E-state index contributed by atoms with van der Waals surface area (Å²) >= 11 is 0. The number of nitrogens with zero attached hydrogens (tertiary/aromatic N) is 3. The minimum Gasteiger partial charge on any atom is -0.420 e. The van der Waals surface area contributed by atoms with Crippen LogP contribution in [0.5, 0.6) is 0 Å². The Kier molecular flexibility index (Phi) is 3.46. The van der Waals surface area contributed by atoms with Gasteiger partial charge < -0.3 is 14.4 Å². The van der Waals surface area contributed by atoms with E-state index in [4.69, 9.17) is 4.42 Å². The molecule has 6 heteroatoms. The van der Waals surface area contributed by atoms with Crippen LogP contribution in [0.1, 0.15) is 25.7 Å². The fraction of sp³-hybridized carbons (Fsp3) is 0.529. The van der Waals surface area contributed by atoms with Crippen molar-refractivity contribution >= 4 is 0 Å². The summed E-state index contributed by atoms with van der Waals surface area (Å²) in [6.45, 7) is 4.83. The summed E-state index contributed by atoms with van der Waals surface area (Å²) in [5, 5.41) is 17.5. The van der Waals surface area contributed by atoms with Crippen molar-refractivity contribution in [1.29, 1.82) is 0 Å². The van der Waals surface area contributed by atoms with Gasteiger partial charge in [-0.05, 0) is 37.8 Å². The summed E-state index contributed by atoms with van der Waals surface area (Å²) in [6.07, 6.45) is 1.71. The highest BCUT2D eigenvalue weighted by Crippen LogP contribution is 2.37. The summed E-state index contributed by atoms with van der Waals surface area (Å²) in [5.74, 6) is 1.05. The fourth-order valence-corrected chi connectivity index (χ4v) is 3.63. The molecule has 1 aliphatic heterocycles. The minimum absolute atomic E-state index is 0.105. The van der Waals surface area contributed by atoms with Crippen molar-refractivity contribution in [3.63, 3.8) is 0 Å². The lowest BCUT2D eigenvalue weighted by Crippen LogP contribution is -2.59. The smallest absolute Gasteiger partial charge is 0.250 e. The van der Waals surface area contributed by atoms with Crippen molar-refractivity contribution < 1.29 is 13.9 Å². The molecule has 0 amide bonds. The van der Waals surface area contributed by atoms with Crippen LogP contribution in [0, 0.1) is 11.7 Å². The number of halogens is 1. The number of benzene rings is 1. The lowest BCUT2D eigenvalue weighted by atomic mass is 9.77. The molecule has 23 heavy (non-hydrogen) atoms. The zero-order valence-electron chi connectivity index (χ0n) is 13.1. The first kappa shape index (κ1) is 14.8. The van der Waals surface area contributed by atoms with Gasteiger partial charge in [-0.3, -0.25) is 0 Å². The van der Waals surface area contributed by atoms with Crippen molar-refractivity contribution in [2.75, 3.05) is 19.6 Å². The first-order valence-corrected chi connectivity index (χ1v) is 8.03. The average molecular weight is 317 g/mol. The third-order valence-corrected chi connectivity index (χ3v) is 4.92. The third kappa shape index (κ3) is 2.66. The summed E-state index contributed by atoms with van der Waals surface area (Å²) < 4.78 is 19.5. The Hall–Kier alpha value is -1.79. The molecule has 1 saturated carbocycles. The predicted octanol–water partition coefficient (Wildman–Crippen LogP) is 2.22. The van der Waals surface area contributed by atoms with E-state index < -0.39 is 0 Å². The maximum Gasteiger partial charge on any atom is 0.250 e. The lowest BCUT2D eigenvalue weighted by Gasteiger charge is -2.48. The Balaban J connectivity index is 1.42. The summed E-state index contributed by atoms with van der Waals surface area (Å²) in [4.78, 5) is 2.35. The normalized spacial score (nSPS) is 26.6. The molecule has 1 aliphatic carbocycles. The van der Waals surface area contributed by atoms with Crippen LogP contribution in [0.2, 0.25) is 0 Å². The van der Waals surface area contributed by atoms with E-state index in [-0.39, 0.29) is 23.2 Å². The minimum atomic E-state index is -0.355. The Morgan fingerprint density at radius 1 is 1.30 bits per heavy atom. The molecule has 122 valence electrons. The number of aliphatic hydroxyl groups is 1. The van der Waals surface area contributed by atoms with E-state index in [2.05, 4.69) is 22.0 Å². The van der Waals surface area contributed by atoms with E-state index in [1.165, 1.54) is 6.07 Å². The van der Waals surface area contributed by atoms with Gasteiger partial charge in [-0.2, -0.15) is 0 Å². The van der Waals surface area contributed by atoms with E-state index >= 15 is 0 Å². The van der Waals surface area contributed by atoms with Crippen molar-refractivity contribution in [2.24, 2.45) is 5.92 Å². The first-order chi connectivity index (χ1) is 11.0. The topological polar surface area (TPSA) is 62.4 Å². The van der Waals surface area contributed by atoms with Crippen molar-refractivity contribution in [3.8, 4) is 11.5 Å². The molecular weight excluding hydrogens is 297 g/mol. The van der Waals surface area contributed by atoms with Crippen LogP contribution in [-0.2, 0) is 5.41 Å². The second kappa shape index (κ2) is 5.39. The summed E-state index contributed by atoms with van der Waals surface area (Å²) in [7, 11) is 0. The summed E-state index contributed by atoms with van der Waals surface area (Å²) in [5.41, 5.74) is 0.174. The average Bonchev–Trinajstić information content (AvgIpc) is 2.94. The van der Waals surface area contributed by atoms with Crippen LogP contribution >= 0.6 is 0 Å². The Labute approximate surface area is 134 Å². The van der Waals surface area contributed by atoms with Gasteiger partial charge >= 0.3 is 0 Å². The number of likely N-dealkylation sites (tertiary alicyclic amines) is 1. The zero-order chi connectivity index (χ0) is 16.0. The molecule has 0 atom stereocenters. The van der Waals surface area contributed by atoms with Gasteiger partial charge in [0.1, 0.15) is 5.82 Å². The van der Waals surface area contributed by atoms with Crippen LogP contribution < -0.4 is 0 Å². The van der Waals surface area contributed by atoms with E-state index in [1.807, 2.05) is 0 Å². The van der Waals surface area contributed by atoms with Gasteiger partial charge in [0, 0.05) is 19.6 Å². The van der Waals surface area contributed by atoms with Crippen molar-refractivity contribution in [2.45, 2.75) is 31.3 Å². The predicted molar refractivity (Wildman–Crippen MR) is 82.2 cm³/mol. The quantitative estimate of drug-likeness (QED) is 0.937. The largest absolute Gasteiger partial charge is 0.420 e. The SMILES string of the molecule is CC1(c2nnc(-c3ccccc3F)o2)CN(CC2CC(O)C2)C1. The van der Waals surface area contributed by atoms with E-state index in [0.717, 1.165) is 32.5 Å². The van der Waals surface area contributed by atoms with Gasteiger partial charge in [0.25, 0.3) is 5.89 Å². The molecule has 2 fully saturated rings. The highest BCUT2D eigenvalue weighted by molar-refractivity contribution is 5.53. The molecule has 2 aliphatic rings. The molecular formula is C17H20FN3O2. The Morgan fingerprint density at radius 3 is 2.74 bits per heavy atom. The zero-order valence-corrected chi connectivity index (χ0v) is 13.1.